The summed E-state index contributed by atoms with van der Waals surface area (Å²) < 4.78 is 0. The molecule has 19 heavy (non-hydrogen) atoms. The van der Waals surface area contributed by atoms with E-state index in [9.17, 15) is 0 Å². The van der Waals surface area contributed by atoms with E-state index in [-0.39, 0.29) is 0 Å². The molecule has 2 heteroatoms. The van der Waals surface area contributed by atoms with Gasteiger partial charge < -0.3 is 4.98 Å². The average Bonchev–Trinajstić information content (AvgIpc) is 2.82. The Morgan fingerprint density at radius 1 is 1.00 bits per heavy atom. The summed E-state index contributed by atoms with van der Waals surface area (Å²) in [7, 11) is 0. The number of rotatable bonds is 2. The van der Waals surface area contributed by atoms with Crippen LogP contribution in [-0.4, -0.2) is 9.97 Å². The molecule has 0 aliphatic rings. The van der Waals surface area contributed by atoms with Crippen molar-refractivity contribution in [1.82, 2.24) is 9.97 Å². The van der Waals surface area contributed by atoms with Gasteiger partial charge in [0.1, 0.15) is 0 Å². The summed E-state index contributed by atoms with van der Waals surface area (Å²) in [4.78, 5) is 8.17. The largest absolute Gasteiger partial charge is 0.356 e. The Morgan fingerprint density at radius 2 is 1.79 bits per heavy atom. The Morgan fingerprint density at radius 3 is 2.47 bits per heavy atom. The fraction of sp³-hybridized carbons (Fsp3) is 0.353. The molecule has 0 aliphatic carbocycles. The highest BCUT2D eigenvalue weighted by Crippen LogP contribution is 2.30. The summed E-state index contributed by atoms with van der Waals surface area (Å²) in [5.74, 6) is 1.01. The average molecular weight is 252 g/mol. The van der Waals surface area contributed by atoms with E-state index in [2.05, 4.69) is 61.9 Å². The standard InChI is InChI=1S/C17H20N2/c1-10(2)12-6-5-7-13-14(12)9-18-16-8-15(11(3)4)19-17(13)16/h5-11,19H,1-4H3. The van der Waals surface area contributed by atoms with E-state index >= 15 is 0 Å². The highest BCUT2D eigenvalue weighted by Gasteiger charge is 2.11. The number of pyridine rings is 1. The predicted molar refractivity (Wildman–Crippen MR) is 81.8 cm³/mol. The lowest BCUT2D eigenvalue weighted by Crippen LogP contribution is -1.90. The number of nitrogens with one attached hydrogen (secondary N) is 1. The van der Waals surface area contributed by atoms with E-state index in [1.54, 1.807) is 0 Å². The lowest BCUT2D eigenvalue weighted by Gasteiger charge is -2.09. The zero-order valence-corrected chi connectivity index (χ0v) is 12.0. The summed E-state index contributed by atoms with van der Waals surface area (Å²) in [6.45, 7) is 8.86. The molecule has 0 saturated carbocycles. The SMILES string of the molecule is CC(C)c1cc2ncc3c(C(C)C)cccc3c2[nH]1. The van der Waals surface area contributed by atoms with Crippen molar-refractivity contribution in [1.29, 1.82) is 0 Å². The maximum Gasteiger partial charge on any atom is 0.0888 e. The van der Waals surface area contributed by atoms with Crippen LogP contribution in [0.15, 0.2) is 30.5 Å². The van der Waals surface area contributed by atoms with Crippen molar-refractivity contribution >= 4 is 21.8 Å². The number of aromatic amines is 1. The molecule has 0 saturated heterocycles. The van der Waals surface area contributed by atoms with Crippen molar-refractivity contribution < 1.29 is 0 Å². The molecule has 2 heterocycles. The van der Waals surface area contributed by atoms with Crippen molar-refractivity contribution in [3.63, 3.8) is 0 Å². The summed E-state index contributed by atoms with van der Waals surface area (Å²) >= 11 is 0. The summed E-state index contributed by atoms with van der Waals surface area (Å²) in [5.41, 5.74) is 4.86. The van der Waals surface area contributed by atoms with Gasteiger partial charge in [-0.15, -0.1) is 0 Å². The quantitative estimate of drug-likeness (QED) is 0.686. The molecule has 0 aliphatic heterocycles. The van der Waals surface area contributed by atoms with Gasteiger partial charge >= 0.3 is 0 Å². The minimum absolute atomic E-state index is 0.498. The van der Waals surface area contributed by atoms with E-state index in [4.69, 9.17) is 0 Å². The second kappa shape index (κ2) is 4.37. The van der Waals surface area contributed by atoms with Gasteiger partial charge in [-0.25, -0.2) is 0 Å². The van der Waals surface area contributed by atoms with Crippen LogP contribution >= 0.6 is 0 Å². The van der Waals surface area contributed by atoms with Gasteiger partial charge in [0.25, 0.3) is 0 Å². The molecule has 0 unspecified atom stereocenters. The summed E-state index contributed by atoms with van der Waals surface area (Å²) in [6.07, 6.45) is 2.02. The van der Waals surface area contributed by atoms with Gasteiger partial charge in [0.2, 0.25) is 0 Å². The predicted octanol–water partition coefficient (Wildman–Crippen LogP) is 4.96. The van der Waals surface area contributed by atoms with E-state index < -0.39 is 0 Å². The molecule has 0 fully saturated rings. The van der Waals surface area contributed by atoms with Crippen LogP contribution in [0.2, 0.25) is 0 Å². The molecule has 0 radical (unpaired) electrons. The molecule has 3 aromatic rings. The second-order valence-electron chi connectivity index (χ2n) is 5.86. The van der Waals surface area contributed by atoms with E-state index in [0.29, 0.717) is 11.8 Å². The maximum absolute atomic E-state index is 4.62. The highest BCUT2D eigenvalue weighted by atomic mass is 14.8. The smallest absolute Gasteiger partial charge is 0.0888 e. The first kappa shape index (κ1) is 12.2. The maximum atomic E-state index is 4.62. The van der Waals surface area contributed by atoms with Gasteiger partial charge in [-0.05, 0) is 23.5 Å². The minimum Gasteiger partial charge on any atom is -0.356 e. The van der Waals surface area contributed by atoms with Crippen molar-refractivity contribution in [3.05, 3.63) is 41.7 Å². The number of benzene rings is 1. The fourth-order valence-corrected chi connectivity index (χ4v) is 2.66. The van der Waals surface area contributed by atoms with Crippen LogP contribution in [0.25, 0.3) is 21.8 Å². The van der Waals surface area contributed by atoms with Gasteiger partial charge in [0.15, 0.2) is 0 Å². The zero-order valence-electron chi connectivity index (χ0n) is 12.0. The monoisotopic (exact) mass is 252 g/mol. The molecule has 0 spiro atoms. The fourth-order valence-electron chi connectivity index (χ4n) is 2.66. The number of H-pyrrole nitrogens is 1. The Labute approximate surface area is 113 Å². The number of hydrogen-bond donors (Lipinski definition) is 1. The minimum atomic E-state index is 0.498. The first-order chi connectivity index (χ1) is 9.08. The molecule has 1 N–H and O–H groups in total. The van der Waals surface area contributed by atoms with Crippen LogP contribution in [0.3, 0.4) is 0 Å². The first-order valence-corrected chi connectivity index (χ1v) is 6.98. The van der Waals surface area contributed by atoms with Gasteiger partial charge in [0, 0.05) is 22.7 Å². The number of hydrogen-bond acceptors (Lipinski definition) is 1. The van der Waals surface area contributed by atoms with Crippen molar-refractivity contribution in [2.24, 2.45) is 0 Å². The molecule has 2 aromatic heterocycles. The number of nitrogens with zero attached hydrogens (tertiary/aromatic N) is 1. The van der Waals surface area contributed by atoms with Crippen LogP contribution < -0.4 is 0 Å². The van der Waals surface area contributed by atoms with Crippen molar-refractivity contribution in [2.45, 2.75) is 39.5 Å². The van der Waals surface area contributed by atoms with Crippen molar-refractivity contribution in [2.75, 3.05) is 0 Å². The zero-order chi connectivity index (χ0) is 13.6. The molecule has 2 nitrogen and oxygen atoms in total. The normalized spacial score (nSPS) is 12.1. The van der Waals surface area contributed by atoms with Gasteiger partial charge in [-0.2, -0.15) is 0 Å². The molecule has 3 rings (SSSR count). The van der Waals surface area contributed by atoms with E-state index in [0.717, 1.165) is 5.52 Å². The molecule has 98 valence electrons. The Kier molecular flexibility index (Phi) is 2.81. The third-order valence-electron chi connectivity index (χ3n) is 3.80. The van der Waals surface area contributed by atoms with E-state index in [1.807, 2.05) is 6.20 Å². The van der Waals surface area contributed by atoms with Crippen LogP contribution in [0.5, 0.6) is 0 Å². The van der Waals surface area contributed by atoms with Crippen LogP contribution in [0.1, 0.15) is 50.8 Å². The molecular weight excluding hydrogens is 232 g/mol. The number of aromatic nitrogens is 2. The molecular formula is C17H20N2. The van der Waals surface area contributed by atoms with Crippen LogP contribution in [0.4, 0.5) is 0 Å². The number of fused-ring (bicyclic) bond motifs is 3. The summed E-state index contributed by atoms with van der Waals surface area (Å²) in [5, 5.41) is 2.55. The summed E-state index contributed by atoms with van der Waals surface area (Å²) in [6, 6.07) is 8.70. The van der Waals surface area contributed by atoms with E-state index in [1.165, 1.54) is 27.5 Å². The Balaban J connectivity index is 2.37. The topological polar surface area (TPSA) is 28.7 Å². The molecule has 1 aromatic carbocycles. The Bertz CT molecular complexity index is 735. The van der Waals surface area contributed by atoms with Gasteiger partial charge in [-0.3, -0.25) is 4.98 Å². The third-order valence-corrected chi connectivity index (χ3v) is 3.80. The first-order valence-electron chi connectivity index (χ1n) is 6.98. The lowest BCUT2D eigenvalue weighted by atomic mass is 9.97. The van der Waals surface area contributed by atoms with Crippen LogP contribution in [0, 0.1) is 0 Å². The molecule has 0 amide bonds. The van der Waals surface area contributed by atoms with Crippen molar-refractivity contribution in [3.8, 4) is 0 Å². The van der Waals surface area contributed by atoms with Gasteiger partial charge in [0.05, 0.1) is 11.0 Å². The third kappa shape index (κ3) is 1.92. The molecule has 0 atom stereocenters. The van der Waals surface area contributed by atoms with Crippen LogP contribution in [-0.2, 0) is 0 Å². The Hall–Kier alpha value is -1.83. The molecule has 0 bridgehead atoms. The highest BCUT2D eigenvalue weighted by molar-refractivity contribution is 6.04. The second-order valence-corrected chi connectivity index (χ2v) is 5.86. The van der Waals surface area contributed by atoms with Gasteiger partial charge in [-0.1, -0.05) is 45.9 Å². The lowest BCUT2D eigenvalue weighted by molar-refractivity contribution is 0.837.